The zero-order valence-electron chi connectivity index (χ0n) is 34.4. The van der Waals surface area contributed by atoms with Gasteiger partial charge in [0.2, 0.25) is 0 Å². The minimum atomic E-state index is -7.22. The van der Waals surface area contributed by atoms with Gasteiger partial charge < -0.3 is 4.48 Å². The first-order chi connectivity index (χ1) is 29.8. The fourth-order valence-corrected chi connectivity index (χ4v) is 9.39. The number of halogens is 20. The predicted octanol–water partition coefficient (Wildman–Crippen LogP) is 11.4. The SMILES string of the molecule is CCCCCC[N+](C(C)C)(C(C)C)C1CCCCC1.Fc1c(F)c(F)c([B-](c2c(F)c(F)c(F)c(F)c2F)(c2c(F)c(F)c(F)c(F)c2F)c2c(F)c(F)c(F)c(F)c2F)c(F)c1F. The Labute approximate surface area is 353 Å². The fraction of sp³-hybridized carbons (Fsp3) is 0.429. The van der Waals surface area contributed by atoms with Crippen molar-refractivity contribution in [2.75, 3.05) is 6.54 Å². The van der Waals surface area contributed by atoms with Gasteiger partial charge in [0.1, 0.15) is 52.7 Å². The van der Waals surface area contributed by atoms with Gasteiger partial charge in [-0.15, -0.1) is 21.9 Å². The van der Waals surface area contributed by atoms with Gasteiger partial charge in [-0.3, -0.25) is 0 Å². The Morgan fingerprint density at radius 1 is 0.359 bits per heavy atom. The second kappa shape index (κ2) is 19.9. The fourth-order valence-electron chi connectivity index (χ4n) is 9.39. The Balaban J connectivity index is 0.000000395. The molecule has 1 aliphatic carbocycles. The van der Waals surface area contributed by atoms with Crippen LogP contribution < -0.4 is 21.9 Å². The highest BCUT2D eigenvalue weighted by atomic mass is 19.2. The number of benzene rings is 4. The van der Waals surface area contributed by atoms with Gasteiger partial charge in [0.25, 0.3) is 0 Å². The van der Waals surface area contributed by atoms with Gasteiger partial charge in [0, 0.05) is 0 Å². The Morgan fingerprint density at radius 3 is 0.812 bits per heavy atom. The van der Waals surface area contributed by atoms with E-state index in [-0.39, 0.29) is 0 Å². The van der Waals surface area contributed by atoms with Gasteiger partial charge in [-0.25, -0.2) is 87.8 Å². The Bertz CT molecular complexity index is 2000. The van der Waals surface area contributed by atoms with Gasteiger partial charge in [-0.2, -0.15) is 0 Å². The lowest BCUT2D eigenvalue weighted by atomic mass is 9.12. The van der Waals surface area contributed by atoms with Crippen LogP contribution in [-0.2, 0) is 0 Å². The molecule has 354 valence electrons. The van der Waals surface area contributed by atoms with Crippen LogP contribution in [0.4, 0.5) is 87.8 Å². The largest absolute Gasteiger partial charge is 0.317 e. The molecule has 0 spiro atoms. The molecule has 1 saturated carbocycles. The predicted molar refractivity (Wildman–Crippen MR) is 196 cm³/mol. The average Bonchev–Trinajstić information content (AvgIpc) is 3.26. The van der Waals surface area contributed by atoms with Crippen molar-refractivity contribution < 1.29 is 92.3 Å². The number of hydrogen-bond donors (Lipinski definition) is 0. The summed E-state index contributed by atoms with van der Waals surface area (Å²) in [7, 11) is 0. The molecule has 0 saturated heterocycles. The van der Waals surface area contributed by atoms with Crippen molar-refractivity contribution in [3.8, 4) is 0 Å². The van der Waals surface area contributed by atoms with Crippen molar-refractivity contribution in [2.45, 2.75) is 111 Å². The summed E-state index contributed by atoms with van der Waals surface area (Å²) >= 11 is 0. The van der Waals surface area contributed by atoms with Crippen molar-refractivity contribution in [3.63, 3.8) is 0 Å². The highest BCUT2D eigenvalue weighted by Gasteiger charge is 2.52. The van der Waals surface area contributed by atoms with E-state index in [0.29, 0.717) is 0 Å². The Hall–Kier alpha value is -4.50. The molecule has 0 atom stereocenters. The molecule has 4 aromatic rings. The zero-order chi connectivity index (χ0) is 48.7. The minimum absolute atomic E-state index is 0.782. The molecule has 0 aromatic heterocycles. The van der Waals surface area contributed by atoms with E-state index in [2.05, 4.69) is 34.6 Å². The van der Waals surface area contributed by atoms with E-state index in [1.165, 1.54) is 68.8 Å². The Kier molecular flexibility index (Phi) is 16.2. The molecule has 22 heteroatoms. The number of rotatable bonds is 12. The summed E-state index contributed by atoms with van der Waals surface area (Å²) in [5.74, 6) is -71.4. The summed E-state index contributed by atoms with van der Waals surface area (Å²) in [6, 6.07) is 2.50. The molecule has 0 aliphatic heterocycles. The van der Waals surface area contributed by atoms with Crippen molar-refractivity contribution in [3.05, 3.63) is 116 Å². The summed E-state index contributed by atoms with van der Waals surface area (Å²) in [4.78, 5) is 0. The van der Waals surface area contributed by atoms with Gasteiger partial charge in [0.15, 0.2) is 69.8 Å². The average molecular weight is 948 g/mol. The standard InChI is InChI=1S/C24BF20.C18H38N/c26-5-1(6(27)14(35)21(42)13(5)34)25(2-7(28)15(36)22(43)16(37)8(2)29,3-9(30)17(38)23(44)18(39)10(3)31)4-11(32)19(40)24(45)20(41)12(4)33;1-6-7-8-12-15-19(16(2)3,17(4)5)18-13-10-9-11-14-18/h;16-18H,6-15H2,1-5H3/q-1;+1. The Morgan fingerprint density at radius 2 is 0.594 bits per heavy atom. The molecule has 5 rings (SSSR count). The smallest absolute Gasteiger partial charge is 0.200 e. The zero-order valence-corrected chi connectivity index (χ0v) is 34.4. The van der Waals surface area contributed by atoms with Gasteiger partial charge in [0.05, 0.1) is 24.7 Å². The monoisotopic (exact) mass is 947 g/mol. The van der Waals surface area contributed by atoms with Crippen LogP contribution in [0.25, 0.3) is 0 Å². The van der Waals surface area contributed by atoms with Crippen LogP contribution in [0.5, 0.6) is 0 Å². The first-order valence-electron chi connectivity index (χ1n) is 19.9. The molecule has 0 N–H and O–H groups in total. The van der Waals surface area contributed by atoms with Crippen LogP contribution in [0, 0.1) is 116 Å². The number of quaternary nitrogens is 1. The third kappa shape index (κ3) is 8.33. The minimum Gasteiger partial charge on any atom is -0.317 e. The molecule has 0 heterocycles. The van der Waals surface area contributed by atoms with Crippen molar-refractivity contribution in [2.24, 2.45) is 0 Å². The summed E-state index contributed by atoms with van der Waals surface area (Å²) in [5, 5.41) is 0. The van der Waals surface area contributed by atoms with Crippen molar-refractivity contribution >= 4 is 28.0 Å². The van der Waals surface area contributed by atoms with Crippen LogP contribution in [0.1, 0.15) is 92.4 Å². The molecular weight excluding hydrogens is 909 g/mol. The maximum absolute atomic E-state index is 15.4. The van der Waals surface area contributed by atoms with Crippen LogP contribution >= 0.6 is 0 Å². The highest BCUT2D eigenvalue weighted by Crippen LogP contribution is 2.35. The second-order valence-corrected chi connectivity index (χ2v) is 16.1. The molecule has 4 aromatic carbocycles. The third-order valence-electron chi connectivity index (χ3n) is 12.3. The topological polar surface area (TPSA) is 0 Å². The van der Waals surface area contributed by atoms with Gasteiger partial charge in [-0.1, -0.05) is 26.2 Å². The quantitative estimate of drug-likeness (QED) is 0.0332. The van der Waals surface area contributed by atoms with Crippen molar-refractivity contribution in [1.29, 1.82) is 0 Å². The molecule has 1 nitrogen and oxygen atoms in total. The van der Waals surface area contributed by atoms with Gasteiger partial charge in [-0.05, 0) is 66.2 Å². The van der Waals surface area contributed by atoms with E-state index in [4.69, 9.17) is 0 Å². The van der Waals surface area contributed by atoms with E-state index in [9.17, 15) is 52.7 Å². The van der Waals surface area contributed by atoms with Crippen LogP contribution in [-0.4, -0.2) is 35.3 Å². The molecule has 1 fully saturated rings. The van der Waals surface area contributed by atoms with Crippen molar-refractivity contribution in [1.82, 2.24) is 0 Å². The molecule has 1 aliphatic rings. The number of unbranched alkanes of at least 4 members (excludes halogenated alkanes) is 3. The lowest BCUT2D eigenvalue weighted by Crippen LogP contribution is -2.81. The van der Waals surface area contributed by atoms with E-state index in [1.807, 2.05) is 0 Å². The molecule has 0 amide bonds. The van der Waals surface area contributed by atoms with Gasteiger partial charge >= 0.3 is 0 Å². The van der Waals surface area contributed by atoms with Crippen LogP contribution in [0.3, 0.4) is 0 Å². The second-order valence-electron chi connectivity index (χ2n) is 16.1. The molecular formula is C42H38BF20N. The first-order valence-corrected chi connectivity index (χ1v) is 19.9. The maximum atomic E-state index is 15.4. The van der Waals surface area contributed by atoms with E-state index >= 15 is 35.1 Å². The number of nitrogens with zero attached hydrogens (tertiary/aromatic N) is 1. The normalized spacial score (nSPS) is 13.9. The third-order valence-corrected chi connectivity index (χ3v) is 12.3. The number of hydrogen-bond acceptors (Lipinski definition) is 0. The highest BCUT2D eigenvalue weighted by molar-refractivity contribution is 7.20. The molecule has 0 bridgehead atoms. The molecule has 0 unspecified atom stereocenters. The van der Waals surface area contributed by atoms with Crippen LogP contribution in [0.15, 0.2) is 0 Å². The lowest BCUT2D eigenvalue weighted by molar-refractivity contribution is -0.989. The summed E-state index contributed by atoms with van der Waals surface area (Å²) in [5.41, 5.74) is -14.3. The summed E-state index contributed by atoms with van der Waals surface area (Å²) < 4.78 is 295. The summed E-state index contributed by atoms with van der Waals surface area (Å²) in [6.45, 7) is 13.6. The summed E-state index contributed by atoms with van der Waals surface area (Å²) in [6.07, 6.45) is 5.79. The maximum Gasteiger partial charge on any atom is 0.200 e. The lowest BCUT2D eigenvalue weighted by Gasteiger charge is -2.53. The molecule has 64 heavy (non-hydrogen) atoms. The molecule has 0 radical (unpaired) electrons. The van der Waals surface area contributed by atoms with E-state index < -0.39 is 144 Å². The first kappa shape index (κ1) is 52.1. The van der Waals surface area contributed by atoms with Crippen LogP contribution in [0.2, 0.25) is 0 Å². The van der Waals surface area contributed by atoms with E-state index in [0.717, 1.165) is 18.1 Å². The van der Waals surface area contributed by atoms with E-state index in [1.54, 1.807) is 0 Å².